The molecule has 2 aliphatic rings. The number of piperidine rings is 1. The molecule has 0 saturated carbocycles. The zero-order valence-electron chi connectivity index (χ0n) is 15.9. The van der Waals surface area contributed by atoms with Crippen LogP contribution in [0, 0.1) is 0 Å². The molecule has 0 radical (unpaired) electrons. The number of nitrogens with one attached hydrogen (secondary N) is 1. The van der Waals surface area contributed by atoms with Gasteiger partial charge in [0.05, 0.1) is 4.90 Å². The van der Waals surface area contributed by atoms with Gasteiger partial charge in [-0.05, 0) is 43.9 Å². The van der Waals surface area contributed by atoms with Gasteiger partial charge in [-0.15, -0.1) is 12.4 Å². The van der Waals surface area contributed by atoms with Crippen LogP contribution >= 0.6 is 12.4 Å². The minimum atomic E-state index is -3.38. The number of nitrogens with zero attached hydrogens (tertiary/aromatic N) is 2. The highest BCUT2D eigenvalue weighted by Gasteiger charge is 2.25. The molecule has 0 bridgehead atoms. The van der Waals surface area contributed by atoms with E-state index in [9.17, 15) is 13.2 Å². The number of hydrogen-bond donors (Lipinski definition) is 1. The molecular weight excluding hydrogens is 386 g/mol. The van der Waals surface area contributed by atoms with E-state index in [1.165, 1.54) is 0 Å². The standard InChI is InChI=1S/C19H29N3O3S.ClH/c1-16-15-21(14-11-20-16)19(23)10-7-17-5-8-18(9-6-17)26(24,25)22-12-3-2-4-13-22;/h5-6,8-9,16,20H,2-4,7,10-15H2,1H3;1H. The van der Waals surface area contributed by atoms with E-state index in [2.05, 4.69) is 12.2 Å². The molecule has 0 aliphatic carbocycles. The van der Waals surface area contributed by atoms with E-state index in [0.717, 1.165) is 44.5 Å². The van der Waals surface area contributed by atoms with Crippen molar-refractivity contribution in [2.24, 2.45) is 0 Å². The number of carbonyl (C=O) groups excluding carboxylic acids is 1. The van der Waals surface area contributed by atoms with E-state index in [1.54, 1.807) is 16.4 Å². The maximum atomic E-state index is 12.7. The van der Waals surface area contributed by atoms with E-state index in [4.69, 9.17) is 0 Å². The van der Waals surface area contributed by atoms with Crippen LogP contribution in [0.5, 0.6) is 0 Å². The van der Waals surface area contributed by atoms with Gasteiger partial charge in [0.1, 0.15) is 0 Å². The van der Waals surface area contributed by atoms with Gasteiger partial charge in [0, 0.05) is 45.2 Å². The number of aryl methyl sites for hydroxylation is 1. The molecule has 0 aromatic heterocycles. The molecule has 3 rings (SSSR count). The van der Waals surface area contributed by atoms with Crippen molar-refractivity contribution in [3.63, 3.8) is 0 Å². The van der Waals surface area contributed by atoms with Crippen LogP contribution in [0.3, 0.4) is 0 Å². The van der Waals surface area contributed by atoms with Gasteiger partial charge in [0.25, 0.3) is 0 Å². The SMILES string of the molecule is CC1CN(C(=O)CCc2ccc(S(=O)(=O)N3CCCCC3)cc2)CCN1.Cl. The van der Waals surface area contributed by atoms with E-state index in [1.807, 2.05) is 17.0 Å². The molecule has 2 heterocycles. The fourth-order valence-corrected chi connectivity index (χ4v) is 5.17. The lowest BCUT2D eigenvalue weighted by Crippen LogP contribution is -2.51. The molecule has 1 N–H and O–H groups in total. The third kappa shape index (κ3) is 5.67. The summed E-state index contributed by atoms with van der Waals surface area (Å²) in [5, 5.41) is 3.33. The van der Waals surface area contributed by atoms with Gasteiger partial charge in [-0.25, -0.2) is 8.42 Å². The van der Waals surface area contributed by atoms with Crippen molar-refractivity contribution >= 4 is 28.3 Å². The van der Waals surface area contributed by atoms with Gasteiger partial charge < -0.3 is 10.2 Å². The van der Waals surface area contributed by atoms with Crippen molar-refractivity contribution in [1.29, 1.82) is 0 Å². The molecule has 6 nitrogen and oxygen atoms in total. The average Bonchev–Trinajstić information content (AvgIpc) is 2.67. The van der Waals surface area contributed by atoms with Gasteiger partial charge in [0.2, 0.25) is 15.9 Å². The number of halogens is 1. The lowest BCUT2D eigenvalue weighted by Gasteiger charge is -2.32. The Kier molecular flexibility index (Phi) is 8.09. The minimum Gasteiger partial charge on any atom is -0.340 e. The predicted molar refractivity (Wildman–Crippen MR) is 109 cm³/mol. The van der Waals surface area contributed by atoms with E-state index >= 15 is 0 Å². The first-order chi connectivity index (χ1) is 12.5. The molecule has 152 valence electrons. The third-order valence-electron chi connectivity index (χ3n) is 5.23. The Labute approximate surface area is 168 Å². The Morgan fingerprint density at radius 3 is 2.41 bits per heavy atom. The fraction of sp³-hybridized carbons (Fsp3) is 0.632. The fourth-order valence-electron chi connectivity index (χ4n) is 3.65. The Morgan fingerprint density at radius 2 is 1.78 bits per heavy atom. The topological polar surface area (TPSA) is 69.7 Å². The smallest absolute Gasteiger partial charge is 0.243 e. The number of amides is 1. The number of carbonyl (C=O) groups is 1. The second kappa shape index (κ2) is 9.87. The molecular formula is C19H30ClN3O3S. The molecule has 2 aliphatic heterocycles. The summed E-state index contributed by atoms with van der Waals surface area (Å²) in [4.78, 5) is 14.6. The molecule has 1 unspecified atom stereocenters. The molecule has 0 spiro atoms. The van der Waals surface area contributed by atoms with Crippen molar-refractivity contribution in [1.82, 2.24) is 14.5 Å². The first kappa shape index (κ1) is 22.1. The van der Waals surface area contributed by atoms with Crippen molar-refractivity contribution in [3.05, 3.63) is 29.8 Å². The zero-order chi connectivity index (χ0) is 18.6. The Balaban J connectivity index is 0.00000261. The van der Waals surface area contributed by atoms with Crippen LogP contribution in [0.4, 0.5) is 0 Å². The summed E-state index contributed by atoms with van der Waals surface area (Å²) in [6, 6.07) is 7.37. The van der Waals surface area contributed by atoms with Crippen molar-refractivity contribution < 1.29 is 13.2 Å². The van der Waals surface area contributed by atoms with Gasteiger partial charge in [-0.3, -0.25) is 4.79 Å². The zero-order valence-corrected chi connectivity index (χ0v) is 17.5. The van der Waals surface area contributed by atoms with Gasteiger partial charge in [-0.2, -0.15) is 4.31 Å². The lowest BCUT2D eigenvalue weighted by molar-refractivity contribution is -0.132. The average molecular weight is 416 g/mol. The van der Waals surface area contributed by atoms with Gasteiger partial charge >= 0.3 is 0 Å². The molecule has 1 aromatic carbocycles. The molecule has 2 saturated heterocycles. The summed E-state index contributed by atoms with van der Waals surface area (Å²) in [7, 11) is -3.38. The summed E-state index contributed by atoms with van der Waals surface area (Å²) in [6.07, 6.45) is 4.07. The second-order valence-corrected chi connectivity index (χ2v) is 9.24. The van der Waals surface area contributed by atoms with Gasteiger partial charge in [0.15, 0.2) is 0 Å². The Hall–Kier alpha value is -1.15. The third-order valence-corrected chi connectivity index (χ3v) is 7.14. The first-order valence-electron chi connectivity index (χ1n) is 9.57. The molecule has 27 heavy (non-hydrogen) atoms. The summed E-state index contributed by atoms with van der Waals surface area (Å²) < 4.78 is 26.9. The number of hydrogen-bond acceptors (Lipinski definition) is 4. The lowest BCUT2D eigenvalue weighted by atomic mass is 10.1. The van der Waals surface area contributed by atoms with Crippen LogP contribution in [-0.2, 0) is 21.2 Å². The van der Waals surface area contributed by atoms with Crippen LogP contribution in [0.2, 0.25) is 0 Å². The van der Waals surface area contributed by atoms with Crippen molar-refractivity contribution in [3.8, 4) is 0 Å². The number of sulfonamides is 1. The molecule has 1 aromatic rings. The quantitative estimate of drug-likeness (QED) is 0.798. The van der Waals surface area contributed by atoms with Crippen LogP contribution in [0.1, 0.15) is 38.2 Å². The summed E-state index contributed by atoms with van der Waals surface area (Å²) in [5.41, 5.74) is 0.999. The molecule has 1 amide bonds. The number of piperazine rings is 1. The highest BCUT2D eigenvalue weighted by Crippen LogP contribution is 2.21. The van der Waals surface area contributed by atoms with Crippen molar-refractivity contribution in [2.75, 3.05) is 32.7 Å². The molecule has 1 atom stereocenters. The van der Waals surface area contributed by atoms with Crippen LogP contribution in [0.15, 0.2) is 29.2 Å². The van der Waals surface area contributed by atoms with E-state index in [-0.39, 0.29) is 18.3 Å². The predicted octanol–water partition coefficient (Wildman–Crippen LogP) is 2.04. The maximum Gasteiger partial charge on any atom is 0.243 e. The normalized spacial score (nSPS) is 21.5. The largest absolute Gasteiger partial charge is 0.340 e. The number of rotatable bonds is 5. The Morgan fingerprint density at radius 1 is 1.11 bits per heavy atom. The van der Waals surface area contributed by atoms with E-state index < -0.39 is 10.0 Å². The number of benzene rings is 1. The highest BCUT2D eigenvalue weighted by atomic mass is 35.5. The van der Waals surface area contributed by atoms with Gasteiger partial charge in [-0.1, -0.05) is 18.6 Å². The van der Waals surface area contributed by atoms with E-state index in [0.29, 0.717) is 36.9 Å². The van der Waals surface area contributed by atoms with Crippen LogP contribution in [0.25, 0.3) is 0 Å². The monoisotopic (exact) mass is 415 g/mol. The molecule has 2 fully saturated rings. The van der Waals surface area contributed by atoms with Crippen molar-refractivity contribution in [2.45, 2.75) is 50.0 Å². The first-order valence-corrected chi connectivity index (χ1v) is 11.0. The van der Waals surface area contributed by atoms with Crippen LogP contribution < -0.4 is 5.32 Å². The maximum absolute atomic E-state index is 12.7. The minimum absolute atomic E-state index is 0. The van der Waals surface area contributed by atoms with Crippen LogP contribution in [-0.4, -0.2) is 62.3 Å². The second-order valence-electron chi connectivity index (χ2n) is 7.30. The molecule has 8 heteroatoms. The Bertz CT molecular complexity index is 718. The summed E-state index contributed by atoms with van der Waals surface area (Å²) in [6.45, 7) is 5.67. The highest BCUT2D eigenvalue weighted by molar-refractivity contribution is 7.89. The summed E-state index contributed by atoms with van der Waals surface area (Å²) >= 11 is 0. The summed E-state index contributed by atoms with van der Waals surface area (Å²) in [5.74, 6) is 0.170.